The molecule has 1 atom stereocenters. The van der Waals surface area contributed by atoms with Gasteiger partial charge in [0, 0.05) is 11.6 Å². The van der Waals surface area contributed by atoms with Gasteiger partial charge in [0.25, 0.3) is 0 Å². The Kier molecular flexibility index (Phi) is 6.37. The molecule has 0 bridgehead atoms. The Hall–Kier alpha value is -0.340. The highest BCUT2D eigenvalue weighted by molar-refractivity contribution is 4.98. The summed E-state index contributed by atoms with van der Waals surface area (Å²) in [7, 11) is 0. The number of likely N-dealkylation sites (N-methyl/N-ethyl adjacent to an activating group) is 1. The smallest absolute Gasteiger partial charge is 0.0306 e. The normalized spacial score (nSPS) is 19.8. The second-order valence-electron chi connectivity index (χ2n) is 6.31. The molecule has 1 N–H and O–H groups in total. The van der Waals surface area contributed by atoms with Crippen LogP contribution in [0.4, 0.5) is 0 Å². The lowest BCUT2D eigenvalue weighted by Gasteiger charge is -2.46. The average molecular weight is 252 g/mol. The van der Waals surface area contributed by atoms with Crippen LogP contribution in [0.3, 0.4) is 0 Å². The van der Waals surface area contributed by atoms with E-state index in [0.717, 1.165) is 13.0 Å². The van der Waals surface area contributed by atoms with Crippen LogP contribution >= 0.6 is 0 Å². The van der Waals surface area contributed by atoms with E-state index in [9.17, 15) is 0 Å². The summed E-state index contributed by atoms with van der Waals surface area (Å²) in [6.07, 6.45) is 6.47. The Bertz CT molecular complexity index is 252. The fraction of sp³-hybridized carbons (Fsp3) is 0.875. The fourth-order valence-corrected chi connectivity index (χ4v) is 3.03. The minimum absolute atomic E-state index is 0.256. The second kappa shape index (κ2) is 7.30. The summed E-state index contributed by atoms with van der Waals surface area (Å²) in [5.41, 5.74) is 1.55. The van der Waals surface area contributed by atoms with Gasteiger partial charge in [-0.15, -0.1) is 6.58 Å². The zero-order chi connectivity index (χ0) is 13.6. The van der Waals surface area contributed by atoms with E-state index in [0.29, 0.717) is 6.04 Å². The molecule has 1 rings (SSSR count). The first-order valence-corrected chi connectivity index (χ1v) is 7.61. The van der Waals surface area contributed by atoms with E-state index in [1.54, 1.807) is 0 Å². The van der Waals surface area contributed by atoms with Gasteiger partial charge >= 0.3 is 0 Å². The number of hydrogen-bond acceptors (Lipinski definition) is 2. The molecule has 2 nitrogen and oxygen atoms in total. The van der Waals surface area contributed by atoms with Crippen molar-refractivity contribution in [3.8, 4) is 0 Å². The number of likely N-dealkylation sites (tertiary alicyclic amines) is 1. The molecule has 1 heterocycles. The Morgan fingerprint density at radius 2 is 1.89 bits per heavy atom. The predicted molar refractivity (Wildman–Crippen MR) is 81.0 cm³/mol. The van der Waals surface area contributed by atoms with Gasteiger partial charge in [0.15, 0.2) is 0 Å². The van der Waals surface area contributed by atoms with Gasteiger partial charge in [0.2, 0.25) is 0 Å². The van der Waals surface area contributed by atoms with Gasteiger partial charge in [-0.1, -0.05) is 18.9 Å². The van der Waals surface area contributed by atoms with Crippen molar-refractivity contribution in [2.24, 2.45) is 0 Å². The SMILES string of the molecule is C=C(C)CCC(NCC)C(C)(C)N1CCCCC1. The third-order valence-electron chi connectivity index (χ3n) is 4.33. The molecule has 2 heteroatoms. The average Bonchev–Trinajstić information content (AvgIpc) is 2.35. The van der Waals surface area contributed by atoms with Crippen LogP contribution in [0, 0.1) is 0 Å². The molecule has 1 aliphatic heterocycles. The van der Waals surface area contributed by atoms with Crippen molar-refractivity contribution in [3.05, 3.63) is 12.2 Å². The third-order valence-corrected chi connectivity index (χ3v) is 4.33. The lowest BCUT2D eigenvalue weighted by atomic mass is 9.86. The molecule has 18 heavy (non-hydrogen) atoms. The number of rotatable bonds is 7. The standard InChI is InChI=1S/C16H32N2/c1-6-17-15(11-10-14(2)3)16(4,5)18-12-8-7-9-13-18/h15,17H,2,6-13H2,1,3-5H3. The van der Waals surface area contributed by atoms with E-state index < -0.39 is 0 Å². The van der Waals surface area contributed by atoms with Crippen LogP contribution in [0.1, 0.15) is 59.8 Å². The van der Waals surface area contributed by atoms with Gasteiger partial charge < -0.3 is 5.32 Å². The summed E-state index contributed by atoms with van der Waals surface area (Å²) >= 11 is 0. The molecule has 1 saturated heterocycles. The van der Waals surface area contributed by atoms with E-state index in [1.807, 2.05) is 0 Å². The molecule has 1 aliphatic rings. The van der Waals surface area contributed by atoms with Crippen LogP contribution in [0.15, 0.2) is 12.2 Å². The molecule has 0 aromatic heterocycles. The number of piperidine rings is 1. The number of nitrogens with zero attached hydrogens (tertiary/aromatic N) is 1. The first-order valence-electron chi connectivity index (χ1n) is 7.61. The largest absolute Gasteiger partial charge is 0.312 e. The summed E-state index contributed by atoms with van der Waals surface area (Å²) in [5, 5.41) is 3.69. The first-order chi connectivity index (χ1) is 8.48. The molecular weight excluding hydrogens is 220 g/mol. The molecule has 1 fully saturated rings. The Morgan fingerprint density at radius 3 is 2.39 bits per heavy atom. The van der Waals surface area contributed by atoms with Crippen molar-refractivity contribution in [3.63, 3.8) is 0 Å². The van der Waals surface area contributed by atoms with Gasteiger partial charge in [-0.3, -0.25) is 4.90 Å². The van der Waals surface area contributed by atoms with Crippen LogP contribution in [0.5, 0.6) is 0 Å². The van der Waals surface area contributed by atoms with E-state index in [-0.39, 0.29) is 5.54 Å². The number of allylic oxidation sites excluding steroid dienone is 1. The molecule has 0 aromatic rings. The zero-order valence-corrected chi connectivity index (χ0v) is 12.9. The number of hydrogen-bond donors (Lipinski definition) is 1. The maximum absolute atomic E-state index is 4.04. The van der Waals surface area contributed by atoms with Gasteiger partial charge in [-0.05, 0) is 66.1 Å². The monoisotopic (exact) mass is 252 g/mol. The van der Waals surface area contributed by atoms with Crippen molar-refractivity contribution in [2.75, 3.05) is 19.6 Å². The molecular formula is C16H32N2. The molecule has 0 saturated carbocycles. The lowest BCUT2D eigenvalue weighted by Crippen LogP contribution is -2.59. The minimum atomic E-state index is 0.256. The van der Waals surface area contributed by atoms with Gasteiger partial charge in [-0.25, -0.2) is 0 Å². The van der Waals surface area contributed by atoms with Crippen molar-refractivity contribution in [1.29, 1.82) is 0 Å². The van der Waals surface area contributed by atoms with Crippen LogP contribution in [0.2, 0.25) is 0 Å². The van der Waals surface area contributed by atoms with E-state index in [2.05, 4.69) is 44.5 Å². The molecule has 0 spiro atoms. The second-order valence-corrected chi connectivity index (χ2v) is 6.31. The Balaban J connectivity index is 2.64. The summed E-state index contributed by atoms with van der Waals surface area (Å²) in [4.78, 5) is 2.68. The highest BCUT2D eigenvalue weighted by atomic mass is 15.2. The summed E-state index contributed by atoms with van der Waals surface area (Å²) in [6.45, 7) is 16.8. The van der Waals surface area contributed by atoms with Crippen molar-refractivity contribution >= 4 is 0 Å². The number of nitrogens with one attached hydrogen (secondary N) is 1. The maximum Gasteiger partial charge on any atom is 0.0306 e. The molecule has 0 radical (unpaired) electrons. The molecule has 0 amide bonds. The van der Waals surface area contributed by atoms with Crippen LogP contribution in [0.25, 0.3) is 0 Å². The van der Waals surface area contributed by atoms with Crippen molar-refractivity contribution in [1.82, 2.24) is 10.2 Å². The Labute approximate surface area is 114 Å². The molecule has 1 unspecified atom stereocenters. The van der Waals surface area contributed by atoms with Gasteiger partial charge in [0.05, 0.1) is 0 Å². The first kappa shape index (κ1) is 15.7. The van der Waals surface area contributed by atoms with E-state index in [4.69, 9.17) is 0 Å². The molecule has 0 aromatic carbocycles. The topological polar surface area (TPSA) is 15.3 Å². The molecule has 0 aliphatic carbocycles. The fourth-order valence-electron chi connectivity index (χ4n) is 3.03. The zero-order valence-electron chi connectivity index (χ0n) is 12.9. The van der Waals surface area contributed by atoms with E-state index >= 15 is 0 Å². The van der Waals surface area contributed by atoms with Crippen LogP contribution in [-0.4, -0.2) is 36.1 Å². The van der Waals surface area contributed by atoms with Crippen LogP contribution < -0.4 is 5.32 Å². The van der Waals surface area contributed by atoms with E-state index in [1.165, 1.54) is 44.3 Å². The summed E-state index contributed by atoms with van der Waals surface area (Å²) in [6, 6.07) is 0.567. The Morgan fingerprint density at radius 1 is 1.28 bits per heavy atom. The highest BCUT2D eigenvalue weighted by Crippen LogP contribution is 2.26. The molecule has 106 valence electrons. The van der Waals surface area contributed by atoms with Crippen LogP contribution in [-0.2, 0) is 0 Å². The van der Waals surface area contributed by atoms with Gasteiger partial charge in [-0.2, -0.15) is 0 Å². The van der Waals surface area contributed by atoms with Gasteiger partial charge in [0.1, 0.15) is 0 Å². The lowest BCUT2D eigenvalue weighted by molar-refractivity contribution is 0.0588. The third kappa shape index (κ3) is 4.40. The van der Waals surface area contributed by atoms with Crippen molar-refractivity contribution in [2.45, 2.75) is 71.4 Å². The summed E-state index contributed by atoms with van der Waals surface area (Å²) < 4.78 is 0. The van der Waals surface area contributed by atoms with Crippen molar-refractivity contribution < 1.29 is 0 Å². The highest BCUT2D eigenvalue weighted by Gasteiger charge is 2.34. The quantitative estimate of drug-likeness (QED) is 0.697. The maximum atomic E-state index is 4.04. The minimum Gasteiger partial charge on any atom is -0.312 e. The summed E-state index contributed by atoms with van der Waals surface area (Å²) in [5.74, 6) is 0. The predicted octanol–water partition coefficient (Wildman–Crippen LogP) is 3.59.